The maximum atomic E-state index is 14.5. The number of aliphatic hydroxyl groups excluding tert-OH is 1. The minimum Gasteiger partial charge on any atom is -0.497 e. The van der Waals surface area contributed by atoms with Gasteiger partial charge >= 0.3 is 6.09 Å². The number of hydrogen-bond donors (Lipinski definition) is 3. The number of halogens is 1. The standard InChI is InChI=1S/C25H25FN4O5S/c1-34-16-3-4-21-18(8-16)19(20(26)11-28-21)10-27-9-15(31)7-17-12-30(25(33)35-17)14-2-5-23-22(6-14)29-24(32)13-36-23/h2-6,8,11,15,17,27,31H,7,9-10,12-13H2,1H3,(H,29,32)/t15-,17-/m1/s1. The summed E-state index contributed by atoms with van der Waals surface area (Å²) in [5.74, 6) is 0.437. The smallest absolute Gasteiger partial charge is 0.414 e. The number of benzene rings is 2. The number of methoxy groups -OCH3 is 1. The second kappa shape index (κ2) is 10.3. The number of aromatic nitrogens is 1. The molecule has 3 aromatic rings. The van der Waals surface area contributed by atoms with Crippen LogP contribution in [0.25, 0.3) is 10.9 Å². The monoisotopic (exact) mass is 512 g/mol. The molecule has 5 rings (SSSR count). The molecule has 1 fully saturated rings. The first kappa shape index (κ1) is 24.3. The first-order valence-electron chi connectivity index (χ1n) is 11.5. The Morgan fingerprint density at radius 2 is 2.19 bits per heavy atom. The molecular weight excluding hydrogens is 487 g/mol. The van der Waals surface area contributed by atoms with E-state index in [1.54, 1.807) is 31.4 Å². The average molecular weight is 513 g/mol. The summed E-state index contributed by atoms with van der Waals surface area (Å²) >= 11 is 1.45. The van der Waals surface area contributed by atoms with Crippen LogP contribution in [0.3, 0.4) is 0 Å². The van der Waals surface area contributed by atoms with Crippen LogP contribution >= 0.6 is 11.8 Å². The minimum absolute atomic E-state index is 0.0825. The van der Waals surface area contributed by atoms with Crippen LogP contribution in [0.15, 0.2) is 47.5 Å². The average Bonchev–Trinajstić information content (AvgIpc) is 3.24. The molecule has 2 aliphatic rings. The van der Waals surface area contributed by atoms with Crippen molar-refractivity contribution in [2.75, 3.05) is 36.2 Å². The van der Waals surface area contributed by atoms with Crippen LogP contribution < -0.4 is 20.3 Å². The van der Waals surface area contributed by atoms with Crippen molar-refractivity contribution in [1.29, 1.82) is 0 Å². The number of anilines is 2. The van der Waals surface area contributed by atoms with Crippen molar-refractivity contribution < 1.29 is 28.6 Å². The topological polar surface area (TPSA) is 113 Å². The van der Waals surface area contributed by atoms with Crippen LogP contribution in [-0.4, -0.2) is 60.3 Å². The van der Waals surface area contributed by atoms with Gasteiger partial charge in [-0.2, -0.15) is 0 Å². The molecule has 2 atom stereocenters. The molecule has 0 radical (unpaired) electrons. The van der Waals surface area contributed by atoms with Gasteiger partial charge in [0.15, 0.2) is 0 Å². The molecule has 0 unspecified atom stereocenters. The molecule has 1 saturated heterocycles. The number of nitrogens with zero attached hydrogens (tertiary/aromatic N) is 2. The summed E-state index contributed by atoms with van der Waals surface area (Å²) in [6.45, 7) is 0.646. The van der Waals surface area contributed by atoms with Gasteiger partial charge in [-0.25, -0.2) is 9.18 Å². The van der Waals surface area contributed by atoms with E-state index in [9.17, 15) is 19.1 Å². The highest BCUT2D eigenvalue weighted by Crippen LogP contribution is 2.35. The van der Waals surface area contributed by atoms with Crippen molar-refractivity contribution in [1.82, 2.24) is 10.3 Å². The lowest BCUT2D eigenvalue weighted by Gasteiger charge is -2.20. The van der Waals surface area contributed by atoms with Crippen molar-refractivity contribution in [2.24, 2.45) is 0 Å². The molecule has 0 aliphatic carbocycles. The van der Waals surface area contributed by atoms with Gasteiger partial charge < -0.3 is 25.2 Å². The quantitative estimate of drug-likeness (QED) is 0.422. The Bertz CT molecular complexity index is 1320. The predicted molar refractivity (Wildman–Crippen MR) is 134 cm³/mol. The van der Waals surface area contributed by atoms with Gasteiger partial charge in [0.2, 0.25) is 5.91 Å². The summed E-state index contributed by atoms with van der Waals surface area (Å²) in [5, 5.41) is 17.1. The zero-order chi connectivity index (χ0) is 25.2. The van der Waals surface area contributed by atoms with Gasteiger partial charge in [0.05, 0.1) is 42.9 Å². The number of amides is 2. The lowest BCUT2D eigenvalue weighted by Crippen LogP contribution is -2.31. The van der Waals surface area contributed by atoms with E-state index in [0.29, 0.717) is 39.3 Å². The maximum Gasteiger partial charge on any atom is 0.414 e. The van der Waals surface area contributed by atoms with Gasteiger partial charge in [0.25, 0.3) is 0 Å². The Morgan fingerprint density at radius 3 is 3.03 bits per heavy atom. The van der Waals surface area contributed by atoms with E-state index in [2.05, 4.69) is 15.6 Å². The Labute approximate surface area is 211 Å². The van der Waals surface area contributed by atoms with Crippen LogP contribution in [0.2, 0.25) is 0 Å². The number of aliphatic hydroxyl groups is 1. The number of carbonyl (C=O) groups excluding carboxylic acids is 2. The number of nitrogens with one attached hydrogen (secondary N) is 2. The molecule has 11 heteroatoms. The first-order valence-corrected chi connectivity index (χ1v) is 12.4. The van der Waals surface area contributed by atoms with Gasteiger partial charge in [0.1, 0.15) is 17.7 Å². The van der Waals surface area contributed by atoms with Crippen molar-refractivity contribution >= 4 is 46.0 Å². The molecule has 188 valence electrons. The highest BCUT2D eigenvalue weighted by molar-refractivity contribution is 8.00. The molecule has 0 saturated carbocycles. The summed E-state index contributed by atoms with van der Waals surface area (Å²) in [4.78, 5) is 30.7. The normalized spacial score (nSPS) is 18.1. The Hall–Kier alpha value is -3.41. The van der Waals surface area contributed by atoms with Crippen molar-refractivity contribution in [2.45, 2.75) is 30.1 Å². The minimum atomic E-state index is -0.812. The van der Waals surface area contributed by atoms with Crippen LogP contribution in [0.1, 0.15) is 12.0 Å². The number of pyridine rings is 1. The molecule has 2 aliphatic heterocycles. The van der Waals surface area contributed by atoms with Crippen molar-refractivity contribution in [3.8, 4) is 5.75 Å². The number of cyclic esters (lactones) is 1. The molecule has 2 amide bonds. The lowest BCUT2D eigenvalue weighted by molar-refractivity contribution is -0.113. The van der Waals surface area contributed by atoms with E-state index in [4.69, 9.17) is 9.47 Å². The third-order valence-corrected chi connectivity index (χ3v) is 7.21. The van der Waals surface area contributed by atoms with E-state index in [1.165, 1.54) is 22.9 Å². The zero-order valence-corrected chi connectivity index (χ0v) is 20.3. The fourth-order valence-electron chi connectivity index (χ4n) is 4.35. The predicted octanol–water partition coefficient (Wildman–Crippen LogP) is 3.29. The maximum absolute atomic E-state index is 14.5. The molecule has 9 nitrogen and oxygen atoms in total. The van der Waals surface area contributed by atoms with E-state index in [-0.39, 0.29) is 32.0 Å². The zero-order valence-electron chi connectivity index (χ0n) is 19.5. The van der Waals surface area contributed by atoms with E-state index < -0.39 is 24.1 Å². The summed E-state index contributed by atoms with van der Waals surface area (Å²) in [6, 6.07) is 10.7. The summed E-state index contributed by atoms with van der Waals surface area (Å²) in [7, 11) is 1.54. The highest BCUT2D eigenvalue weighted by Gasteiger charge is 2.34. The van der Waals surface area contributed by atoms with Crippen molar-refractivity contribution in [3.63, 3.8) is 0 Å². The fourth-order valence-corrected chi connectivity index (χ4v) is 5.14. The van der Waals surface area contributed by atoms with Crippen molar-refractivity contribution in [3.05, 3.63) is 54.0 Å². The van der Waals surface area contributed by atoms with Gasteiger partial charge in [0, 0.05) is 41.0 Å². The summed E-state index contributed by atoms with van der Waals surface area (Å²) in [6.07, 6.45) is -0.418. The largest absolute Gasteiger partial charge is 0.497 e. The van der Waals surface area contributed by atoms with E-state index >= 15 is 0 Å². The molecule has 0 bridgehead atoms. The second-order valence-corrected chi connectivity index (χ2v) is 9.64. The third-order valence-electron chi connectivity index (χ3n) is 6.13. The van der Waals surface area contributed by atoms with Crippen LogP contribution in [-0.2, 0) is 16.1 Å². The molecule has 3 heterocycles. The number of carbonyl (C=O) groups is 2. The number of hydrogen-bond acceptors (Lipinski definition) is 8. The van der Waals surface area contributed by atoms with Gasteiger partial charge in [-0.15, -0.1) is 11.8 Å². The van der Waals surface area contributed by atoms with Gasteiger partial charge in [-0.3, -0.25) is 14.7 Å². The molecule has 36 heavy (non-hydrogen) atoms. The molecule has 0 spiro atoms. The number of thioether (sulfide) groups is 1. The van der Waals surface area contributed by atoms with Gasteiger partial charge in [-0.05, 0) is 36.4 Å². The van der Waals surface area contributed by atoms with Crippen LogP contribution in [0.4, 0.5) is 20.6 Å². The molecular formula is C25H25FN4O5S. The Morgan fingerprint density at radius 1 is 1.33 bits per heavy atom. The number of fused-ring (bicyclic) bond motifs is 2. The summed E-state index contributed by atoms with van der Waals surface area (Å²) < 4.78 is 25.2. The molecule has 3 N–H and O–H groups in total. The Balaban J connectivity index is 1.17. The Kier molecular flexibility index (Phi) is 6.95. The van der Waals surface area contributed by atoms with Gasteiger partial charge in [-0.1, -0.05) is 0 Å². The fraction of sp³-hybridized carbons (Fsp3) is 0.320. The highest BCUT2D eigenvalue weighted by atomic mass is 32.2. The SMILES string of the molecule is COc1ccc2ncc(F)c(CNC[C@H](O)C[C@@H]3CN(c4ccc5c(c4)NC(=O)CS5)C(=O)O3)c2c1. The molecule has 1 aromatic heterocycles. The number of ether oxygens (including phenoxy) is 2. The van der Waals surface area contributed by atoms with E-state index in [0.717, 1.165) is 4.90 Å². The molecule has 2 aromatic carbocycles. The first-order chi connectivity index (χ1) is 17.4. The van der Waals surface area contributed by atoms with Crippen LogP contribution in [0.5, 0.6) is 5.75 Å². The summed E-state index contributed by atoms with van der Waals surface area (Å²) in [5.41, 5.74) is 2.37. The third kappa shape index (κ3) is 5.08. The van der Waals surface area contributed by atoms with E-state index in [1.807, 2.05) is 12.1 Å². The lowest BCUT2D eigenvalue weighted by atomic mass is 10.1. The second-order valence-electron chi connectivity index (χ2n) is 8.62. The number of rotatable bonds is 8. The van der Waals surface area contributed by atoms with Crippen LogP contribution in [0, 0.1) is 5.82 Å².